The van der Waals surface area contributed by atoms with Gasteiger partial charge >= 0.3 is 0 Å². The van der Waals surface area contributed by atoms with Crippen LogP contribution in [0.2, 0.25) is 0 Å². The molecule has 1 unspecified atom stereocenters. The lowest BCUT2D eigenvalue weighted by Gasteiger charge is -2.31. The fourth-order valence-corrected chi connectivity index (χ4v) is 4.21. The van der Waals surface area contributed by atoms with Gasteiger partial charge in [-0.1, -0.05) is 12.1 Å². The first-order valence-electron chi connectivity index (χ1n) is 11.9. The monoisotopic (exact) mass is 497 g/mol. The largest absolute Gasteiger partial charge is 0.508 e. The minimum absolute atomic E-state index is 0.0435. The van der Waals surface area contributed by atoms with Crippen molar-refractivity contribution in [2.45, 2.75) is 31.8 Å². The first-order chi connectivity index (χ1) is 17.6. The van der Waals surface area contributed by atoms with Crippen LogP contribution in [0.1, 0.15) is 52.4 Å². The van der Waals surface area contributed by atoms with E-state index in [2.05, 4.69) is 4.98 Å². The summed E-state index contributed by atoms with van der Waals surface area (Å²) in [5.74, 6) is 1.16. The summed E-state index contributed by atoms with van der Waals surface area (Å²) in [6.07, 6.45) is 4.33. The number of benzene rings is 2. The minimum Gasteiger partial charge on any atom is -0.508 e. The van der Waals surface area contributed by atoms with Crippen LogP contribution in [-0.4, -0.2) is 59.6 Å². The molecular weight excluding hydrogens is 466 g/mol. The standard InChI is InChI=1S/C27H31NO8/c1-33-27-25(34-12-2-10-29)20(14-17-8-9-28-16-17)24-23(26(27)35-13-3-11-30)21(32)15-22(36-24)18-4-6-19(31)7-5-18/h4-9,16,22,28-31H,2-3,10-15H2,1H3. The van der Waals surface area contributed by atoms with Crippen molar-refractivity contribution in [3.63, 3.8) is 0 Å². The number of ketones is 1. The van der Waals surface area contributed by atoms with Crippen LogP contribution in [0, 0.1) is 0 Å². The van der Waals surface area contributed by atoms with E-state index in [0.29, 0.717) is 36.3 Å². The highest BCUT2D eigenvalue weighted by Gasteiger charge is 2.38. The Balaban J connectivity index is 1.88. The van der Waals surface area contributed by atoms with Gasteiger partial charge in [-0.15, -0.1) is 0 Å². The number of aromatic amines is 1. The second-order valence-electron chi connectivity index (χ2n) is 8.45. The highest BCUT2D eigenvalue weighted by atomic mass is 16.5. The second kappa shape index (κ2) is 11.8. The van der Waals surface area contributed by atoms with Crippen molar-refractivity contribution in [3.05, 3.63) is 65.0 Å². The Hall–Kier alpha value is -3.69. The number of hydrogen-bond donors (Lipinski definition) is 4. The molecule has 36 heavy (non-hydrogen) atoms. The van der Waals surface area contributed by atoms with Crippen LogP contribution in [-0.2, 0) is 6.42 Å². The number of Topliss-reactive ketones (excluding diaryl/α,β-unsaturated/α-hetero) is 1. The molecule has 0 saturated carbocycles. The number of H-pyrrole nitrogens is 1. The van der Waals surface area contributed by atoms with E-state index in [-0.39, 0.29) is 61.4 Å². The molecule has 0 aliphatic carbocycles. The number of rotatable bonds is 12. The maximum absolute atomic E-state index is 13.6. The lowest BCUT2D eigenvalue weighted by atomic mass is 9.91. The average Bonchev–Trinajstić information content (AvgIpc) is 3.39. The zero-order valence-electron chi connectivity index (χ0n) is 20.2. The normalized spacial score (nSPS) is 14.8. The Bertz CT molecular complexity index is 1160. The van der Waals surface area contributed by atoms with E-state index in [0.717, 1.165) is 11.1 Å². The van der Waals surface area contributed by atoms with Crippen molar-refractivity contribution in [1.82, 2.24) is 4.98 Å². The molecule has 3 aromatic rings. The van der Waals surface area contributed by atoms with Gasteiger partial charge in [0, 0.05) is 50.4 Å². The molecule has 9 heteroatoms. The first-order valence-corrected chi connectivity index (χ1v) is 11.9. The van der Waals surface area contributed by atoms with Gasteiger partial charge in [-0.3, -0.25) is 4.79 Å². The van der Waals surface area contributed by atoms with Crippen LogP contribution in [0.3, 0.4) is 0 Å². The topological polar surface area (TPSA) is 130 Å². The summed E-state index contributed by atoms with van der Waals surface area (Å²) < 4.78 is 24.3. The number of nitrogens with one attached hydrogen (secondary N) is 1. The number of aromatic nitrogens is 1. The highest BCUT2D eigenvalue weighted by Crippen LogP contribution is 2.53. The number of methoxy groups -OCH3 is 1. The predicted molar refractivity (Wildman–Crippen MR) is 131 cm³/mol. The Kier molecular flexibility index (Phi) is 8.35. The van der Waals surface area contributed by atoms with Gasteiger partial charge in [-0.05, 0) is 29.3 Å². The third kappa shape index (κ3) is 5.42. The smallest absolute Gasteiger partial charge is 0.204 e. The molecule has 4 rings (SSSR count). The number of fused-ring (bicyclic) bond motifs is 1. The van der Waals surface area contributed by atoms with Crippen molar-refractivity contribution >= 4 is 5.78 Å². The summed E-state index contributed by atoms with van der Waals surface area (Å²) >= 11 is 0. The van der Waals surface area contributed by atoms with Crippen molar-refractivity contribution in [1.29, 1.82) is 0 Å². The van der Waals surface area contributed by atoms with Gasteiger partial charge in [-0.25, -0.2) is 0 Å². The van der Waals surface area contributed by atoms with Gasteiger partial charge < -0.3 is 39.3 Å². The molecule has 0 radical (unpaired) electrons. The molecule has 1 aromatic heterocycles. The molecule has 0 bridgehead atoms. The Labute approximate surface area is 209 Å². The molecule has 1 aliphatic heterocycles. The lowest BCUT2D eigenvalue weighted by Crippen LogP contribution is -2.24. The summed E-state index contributed by atoms with van der Waals surface area (Å²) in [5.41, 5.74) is 2.61. The third-order valence-corrected chi connectivity index (χ3v) is 5.93. The number of hydrogen-bond acceptors (Lipinski definition) is 8. The first kappa shape index (κ1) is 25.4. The van der Waals surface area contributed by atoms with Crippen LogP contribution in [0.25, 0.3) is 0 Å². The molecule has 9 nitrogen and oxygen atoms in total. The van der Waals surface area contributed by atoms with Crippen LogP contribution < -0.4 is 18.9 Å². The summed E-state index contributed by atoms with van der Waals surface area (Å²) in [7, 11) is 1.48. The van der Waals surface area contributed by atoms with Crippen molar-refractivity contribution in [3.8, 4) is 28.7 Å². The van der Waals surface area contributed by atoms with Gasteiger partial charge in [0.15, 0.2) is 17.3 Å². The van der Waals surface area contributed by atoms with E-state index in [9.17, 15) is 20.1 Å². The van der Waals surface area contributed by atoms with E-state index < -0.39 is 6.10 Å². The molecule has 0 saturated heterocycles. The summed E-state index contributed by atoms with van der Waals surface area (Å²) in [6, 6.07) is 8.49. The number of ether oxygens (including phenoxy) is 4. The molecule has 0 spiro atoms. The molecule has 192 valence electrons. The maximum atomic E-state index is 13.6. The quantitative estimate of drug-likeness (QED) is 0.280. The number of carbonyl (C=O) groups excluding carboxylic acids is 1. The summed E-state index contributed by atoms with van der Waals surface area (Å²) in [4.78, 5) is 16.6. The van der Waals surface area contributed by atoms with E-state index in [4.69, 9.17) is 18.9 Å². The third-order valence-electron chi connectivity index (χ3n) is 5.93. The van der Waals surface area contributed by atoms with Gasteiger partial charge in [0.25, 0.3) is 0 Å². The maximum Gasteiger partial charge on any atom is 0.204 e. The van der Waals surface area contributed by atoms with E-state index >= 15 is 0 Å². The molecule has 4 N–H and O–H groups in total. The number of aromatic hydroxyl groups is 1. The Morgan fingerprint density at radius 2 is 1.69 bits per heavy atom. The summed E-state index contributed by atoms with van der Waals surface area (Å²) in [5, 5.41) is 28.3. The van der Waals surface area contributed by atoms with E-state index in [1.807, 2.05) is 18.5 Å². The van der Waals surface area contributed by atoms with Crippen molar-refractivity contribution < 1.29 is 39.1 Å². The molecular formula is C27H31NO8. The number of phenolic OH excluding ortho intramolecular Hbond substituents is 1. The molecule has 2 aromatic carbocycles. The molecule has 1 atom stereocenters. The fraction of sp³-hybridized carbons (Fsp3) is 0.370. The predicted octanol–water partition coefficient (Wildman–Crippen LogP) is 3.55. The molecule has 1 aliphatic rings. The highest BCUT2D eigenvalue weighted by molar-refractivity contribution is 6.04. The summed E-state index contributed by atoms with van der Waals surface area (Å²) in [6.45, 7) is 0.278. The number of aliphatic hydroxyl groups is 2. The number of aliphatic hydroxyl groups excluding tert-OH is 2. The molecule has 0 amide bonds. The van der Waals surface area contributed by atoms with Crippen molar-refractivity contribution in [2.24, 2.45) is 0 Å². The lowest BCUT2D eigenvalue weighted by molar-refractivity contribution is 0.0836. The zero-order chi connectivity index (χ0) is 25.5. The Morgan fingerprint density at radius 3 is 2.31 bits per heavy atom. The fourth-order valence-electron chi connectivity index (χ4n) is 4.21. The minimum atomic E-state index is -0.570. The Morgan fingerprint density at radius 1 is 1.00 bits per heavy atom. The van der Waals surface area contributed by atoms with Crippen LogP contribution in [0.4, 0.5) is 0 Å². The van der Waals surface area contributed by atoms with Gasteiger partial charge in [0.2, 0.25) is 5.75 Å². The van der Waals surface area contributed by atoms with Crippen molar-refractivity contribution in [2.75, 3.05) is 33.5 Å². The van der Waals surface area contributed by atoms with Crippen LogP contribution >= 0.6 is 0 Å². The second-order valence-corrected chi connectivity index (χ2v) is 8.45. The van der Waals surface area contributed by atoms with Gasteiger partial charge in [-0.2, -0.15) is 0 Å². The van der Waals surface area contributed by atoms with E-state index in [1.54, 1.807) is 24.3 Å². The van der Waals surface area contributed by atoms with Gasteiger partial charge in [0.05, 0.1) is 26.7 Å². The van der Waals surface area contributed by atoms with E-state index in [1.165, 1.54) is 7.11 Å². The van der Waals surface area contributed by atoms with Gasteiger partial charge in [0.1, 0.15) is 23.2 Å². The molecule has 2 heterocycles. The van der Waals surface area contributed by atoms with Crippen LogP contribution in [0.5, 0.6) is 28.7 Å². The molecule has 0 fully saturated rings. The average molecular weight is 498 g/mol. The SMILES string of the molecule is COc1c(OCCCO)c(Cc2cc[nH]c2)c2c(c1OCCCO)C(=O)CC(c1ccc(O)cc1)O2. The van der Waals surface area contributed by atoms with Crippen LogP contribution in [0.15, 0.2) is 42.7 Å². The number of phenols is 1. The zero-order valence-corrected chi connectivity index (χ0v) is 20.2. The number of carbonyl (C=O) groups is 1.